The third-order valence-corrected chi connectivity index (χ3v) is 2.69. The molecule has 0 aliphatic heterocycles. The summed E-state index contributed by atoms with van der Waals surface area (Å²) in [6.07, 6.45) is 1.53. The van der Waals surface area contributed by atoms with E-state index in [1.165, 1.54) is 0 Å². The Morgan fingerprint density at radius 3 is 2.55 bits per heavy atom. The highest BCUT2D eigenvalue weighted by Gasteiger charge is 2.04. The van der Waals surface area contributed by atoms with Gasteiger partial charge >= 0.3 is 0 Å². The minimum atomic E-state index is -0.126. The minimum Gasteiger partial charge on any atom is -0.484 e. The number of hydrogen-bond donors (Lipinski definition) is 2. The Hall–Kier alpha value is -2.04. The molecule has 1 aromatic carbocycles. The Kier molecular flexibility index (Phi) is 6.56. The molecule has 0 unspecified atom stereocenters. The fourth-order valence-corrected chi connectivity index (χ4v) is 1.64. The van der Waals surface area contributed by atoms with Crippen molar-refractivity contribution in [1.82, 2.24) is 5.32 Å². The van der Waals surface area contributed by atoms with Crippen molar-refractivity contribution in [2.75, 3.05) is 6.61 Å². The lowest BCUT2D eigenvalue weighted by Crippen LogP contribution is -2.34. The molecule has 1 amide bonds. The molecule has 5 heteroatoms. The van der Waals surface area contributed by atoms with Crippen molar-refractivity contribution >= 4 is 11.6 Å². The quantitative estimate of drug-likeness (QED) is 0.457. The average molecular weight is 278 g/mol. The normalized spacial score (nSPS) is 11.5. The van der Waals surface area contributed by atoms with Gasteiger partial charge in [-0.3, -0.25) is 4.79 Å². The van der Waals surface area contributed by atoms with Crippen molar-refractivity contribution in [3.8, 4) is 5.75 Å². The van der Waals surface area contributed by atoms with E-state index in [1.807, 2.05) is 38.1 Å². The van der Waals surface area contributed by atoms with E-state index in [1.54, 1.807) is 6.92 Å². The standard InChI is InChI=1S/C15H22N2O3/c1-11(2)16-15(18)10-20-14-8-6-13(7-9-14)5-4-12(3)17-19/h6-9,11,19H,4-5,10H2,1-3H3,(H,16,18)/b17-12+. The van der Waals surface area contributed by atoms with Crippen molar-refractivity contribution in [2.45, 2.75) is 39.7 Å². The first-order valence-electron chi connectivity index (χ1n) is 6.70. The van der Waals surface area contributed by atoms with Crippen LogP contribution in [0.4, 0.5) is 0 Å². The van der Waals surface area contributed by atoms with Crippen LogP contribution in [0.15, 0.2) is 29.4 Å². The zero-order valence-electron chi connectivity index (χ0n) is 12.2. The van der Waals surface area contributed by atoms with Crippen LogP contribution in [0.3, 0.4) is 0 Å². The van der Waals surface area contributed by atoms with Crippen LogP contribution in [0.1, 0.15) is 32.8 Å². The predicted octanol–water partition coefficient (Wildman–Crippen LogP) is 2.37. The second kappa shape index (κ2) is 8.19. The van der Waals surface area contributed by atoms with Crippen molar-refractivity contribution in [2.24, 2.45) is 5.16 Å². The molecule has 0 saturated carbocycles. The highest BCUT2D eigenvalue weighted by Crippen LogP contribution is 2.13. The summed E-state index contributed by atoms with van der Waals surface area (Å²) in [5.41, 5.74) is 1.84. The molecule has 5 nitrogen and oxygen atoms in total. The smallest absolute Gasteiger partial charge is 0.258 e. The number of hydrogen-bond acceptors (Lipinski definition) is 4. The van der Waals surface area contributed by atoms with Crippen LogP contribution in [0.5, 0.6) is 5.75 Å². The largest absolute Gasteiger partial charge is 0.484 e. The van der Waals surface area contributed by atoms with E-state index in [4.69, 9.17) is 9.94 Å². The van der Waals surface area contributed by atoms with E-state index in [0.29, 0.717) is 17.9 Å². The molecule has 1 rings (SSSR count). The summed E-state index contributed by atoms with van der Waals surface area (Å²) in [6, 6.07) is 7.68. The fourth-order valence-electron chi connectivity index (χ4n) is 1.64. The molecule has 0 atom stereocenters. The number of oxime groups is 1. The molecular weight excluding hydrogens is 256 g/mol. The van der Waals surface area contributed by atoms with Gasteiger partial charge < -0.3 is 15.3 Å². The van der Waals surface area contributed by atoms with E-state index >= 15 is 0 Å². The van der Waals surface area contributed by atoms with Gasteiger partial charge in [0, 0.05) is 6.04 Å². The molecule has 1 aromatic rings. The first-order chi connectivity index (χ1) is 9.51. The number of carbonyl (C=O) groups is 1. The monoisotopic (exact) mass is 278 g/mol. The number of rotatable bonds is 7. The lowest BCUT2D eigenvalue weighted by Gasteiger charge is -2.10. The Morgan fingerprint density at radius 2 is 2.00 bits per heavy atom. The summed E-state index contributed by atoms with van der Waals surface area (Å²) in [4.78, 5) is 11.4. The van der Waals surface area contributed by atoms with Gasteiger partial charge in [0.1, 0.15) is 5.75 Å². The summed E-state index contributed by atoms with van der Waals surface area (Å²) in [6.45, 7) is 5.62. The third-order valence-electron chi connectivity index (χ3n) is 2.69. The molecule has 0 saturated heterocycles. The van der Waals surface area contributed by atoms with Crippen molar-refractivity contribution in [1.29, 1.82) is 0 Å². The Bertz CT molecular complexity index is 453. The number of carbonyl (C=O) groups excluding carboxylic acids is 1. The molecule has 2 N–H and O–H groups in total. The zero-order valence-corrected chi connectivity index (χ0v) is 12.2. The molecule has 110 valence electrons. The maximum atomic E-state index is 11.4. The lowest BCUT2D eigenvalue weighted by molar-refractivity contribution is -0.123. The molecule has 0 fully saturated rings. The van der Waals surface area contributed by atoms with Crippen molar-refractivity contribution in [3.05, 3.63) is 29.8 Å². The predicted molar refractivity (Wildman–Crippen MR) is 78.4 cm³/mol. The summed E-state index contributed by atoms with van der Waals surface area (Å²) >= 11 is 0. The molecule has 0 bridgehead atoms. The topological polar surface area (TPSA) is 70.9 Å². The zero-order chi connectivity index (χ0) is 15.0. The van der Waals surface area contributed by atoms with Crippen LogP contribution >= 0.6 is 0 Å². The summed E-state index contributed by atoms with van der Waals surface area (Å²) in [5, 5.41) is 14.5. The number of nitrogens with one attached hydrogen (secondary N) is 1. The Labute approximate surface area is 119 Å². The number of nitrogens with zero attached hydrogens (tertiary/aromatic N) is 1. The second-order valence-electron chi connectivity index (χ2n) is 4.99. The van der Waals surface area contributed by atoms with Crippen LogP contribution in [0.25, 0.3) is 0 Å². The first-order valence-corrected chi connectivity index (χ1v) is 6.70. The van der Waals surface area contributed by atoms with Gasteiger partial charge in [-0.25, -0.2) is 0 Å². The molecule has 0 aliphatic rings. The van der Waals surface area contributed by atoms with Crippen LogP contribution in [0.2, 0.25) is 0 Å². The highest BCUT2D eigenvalue weighted by atomic mass is 16.5. The van der Waals surface area contributed by atoms with Gasteiger partial charge in [-0.15, -0.1) is 0 Å². The van der Waals surface area contributed by atoms with Crippen LogP contribution < -0.4 is 10.1 Å². The van der Waals surface area contributed by atoms with Gasteiger partial charge in [-0.1, -0.05) is 17.3 Å². The van der Waals surface area contributed by atoms with Crippen LogP contribution in [-0.2, 0) is 11.2 Å². The first kappa shape index (κ1) is 16.0. The molecule has 0 aromatic heterocycles. The highest BCUT2D eigenvalue weighted by molar-refractivity contribution is 5.81. The number of amides is 1. The van der Waals surface area contributed by atoms with E-state index < -0.39 is 0 Å². The van der Waals surface area contributed by atoms with Gasteiger partial charge in [0.05, 0.1) is 5.71 Å². The maximum Gasteiger partial charge on any atom is 0.258 e. The van der Waals surface area contributed by atoms with Crippen molar-refractivity contribution in [3.63, 3.8) is 0 Å². The van der Waals surface area contributed by atoms with E-state index in [-0.39, 0.29) is 18.6 Å². The average Bonchev–Trinajstić information content (AvgIpc) is 2.43. The third kappa shape index (κ3) is 6.22. The van der Waals surface area contributed by atoms with Crippen LogP contribution in [0, 0.1) is 0 Å². The molecular formula is C15H22N2O3. The summed E-state index contributed by atoms with van der Waals surface area (Å²) in [5.74, 6) is 0.541. The number of benzene rings is 1. The van der Waals surface area contributed by atoms with Gasteiger partial charge in [0.15, 0.2) is 6.61 Å². The Morgan fingerprint density at radius 1 is 1.35 bits per heavy atom. The molecule has 0 spiro atoms. The minimum absolute atomic E-state index is 0.0216. The SMILES string of the molecule is C/C(CCc1ccc(OCC(=O)NC(C)C)cc1)=N\O. The van der Waals surface area contributed by atoms with E-state index in [0.717, 1.165) is 12.0 Å². The van der Waals surface area contributed by atoms with Gasteiger partial charge in [0.25, 0.3) is 5.91 Å². The number of ether oxygens (including phenoxy) is 1. The van der Waals surface area contributed by atoms with Crippen LogP contribution in [-0.4, -0.2) is 29.5 Å². The summed E-state index contributed by atoms with van der Waals surface area (Å²) in [7, 11) is 0. The second-order valence-corrected chi connectivity index (χ2v) is 4.99. The molecule has 0 heterocycles. The van der Waals surface area contributed by atoms with Gasteiger partial charge in [-0.2, -0.15) is 0 Å². The fraction of sp³-hybridized carbons (Fsp3) is 0.467. The van der Waals surface area contributed by atoms with Gasteiger partial charge in [0.2, 0.25) is 0 Å². The summed E-state index contributed by atoms with van der Waals surface area (Å²) < 4.78 is 5.39. The lowest BCUT2D eigenvalue weighted by atomic mass is 10.1. The van der Waals surface area contributed by atoms with Gasteiger partial charge in [-0.05, 0) is 51.3 Å². The maximum absolute atomic E-state index is 11.4. The van der Waals surface area contributed by atoms with Crippen molar-refractivity contribution < 1.29 is 14.7 Å². The molecule has 0 aliphatic carbocycles. The molecule has 20 heavy (non-hydrogen) atoms. The Balaban J connectivity index is 2.40. The van der Waals surface area contributed by atoms with E-state index in [2.05, 4.69) is 10.5 Å². The van der Waals surface area contributed by atoms with E-state index in [9.17, 15) is 4.79 Å². The molecule has 0 radical (unpaired) electrons. The number of aryl methyl sites for hydroxylation is 1.